The number of nitrogens with one attached hydrogen (secondary N) is 1. The topological polar surface area (TPSA) is 51.0 Å². The molecule has 120 valence electrons. The molecule has 4 nitrogen and oxygen atoms in total. The van der Waals surface area contributed by atoms with E-state index in [1.807, 2.05) is 0 Å². The number of hydrogen-bond acceptors (Lipinski definition) is 4. The minimum atomic E-state index is 0.401. The molecular weight excluding hydrogens is 262 g/mol. The third-order valence-electron chi connectivity index (χ3n) is 4.62. The van der Waals surface area contributed by atoms with Gasteiger partial charge >= 0.3 is 0 Å². The number of hydrogen-bond donors (Lipinski definition) is 1. The van der Waals surface area contributed by atoms with Gasteiger partial charge in [0.25, 0.3) is 0 Å². The van der Waals surface area contributed by atoms with E-state index in [4.69, 9.17) is 4.52 Å². The Morgan fingerprint density at radius 2 is 1.95 bits per heavy atom. The average Bonchev–Trinajstić information content (AvgIpc) is 2.94. The van der Waals surface area contributed by atoms with Gasteiger partial charge in [0.2, 0.25) is 5.89 Å². The zero-order valence-corrected chi connectivity index (χ0v) is 13.9. The zero-order chi connectivity index (χ0) is 15.1. The minimum Gasteiger partial charge on any atom is -0.339 e. The fourth-order valence-corrected chi connectivity index (χ4v) is 3.36. The number of aromatic nitrogens is 2. The largest absolute Gasteiger partial charge is 0.339 e. The second-order valence-electron chi connectivity index (χ2n) is 6.61. The van der Waals surface area contributed by atoms with Crippen molar-refractivity contribution in [3.05, 3.63) is 11.7 Å². The lowest BCUT2D eigenvalue weighted by Gasteiger charge is -2.26. The van der Waals surface area contributed by atoms with Gasteiger partial charge in [0.1, 0.15) is 0 Å². The molecule has 1 heterocycles. The van der Waals surface area contributed by atoms with Gasteiger partial charge < -0.3 is 9.84 Å². The summed E-state index contributed by atoms with van der Waals surface area (Å²) in [6.07, 6.45) is 9.79. The monoisotopic (exact) mass is 293 g/mol. The molecule has 1 N–H and O–H groups in total. The summed E-state index contributed by atoms with van der Waals surface area (Å²) < 4.78 is 5.44. The molecule has 0 amide bonds. The van der Waals surface area contributed by atoms with E-state index in [9.17, 15) is 0 Å². The standard InChI is InChI=1S/C17H31N3O/c1-4-6-14-7-9-15(10-8-14)17-19-16(21-20-17)12-13(3)18-11-5-2/h13-15,18H,4-12H2,1-3H3. The van der Waals surface area contributed by atoms with Gasteiger partial charge in [0.05, 0.1) is 0 Å². The van der Waals surface area contributed by atoms with Gasteiger partial charge in [-0.2, -0.15) is 4.98 Å². The maximum Gasteiger partial charge on any atom is 0.228 e. The van der Waals surface area contributed by atoms with Crippen molar-refractivity contribution in [1.82, 2.24) is 15.5 Å². The van der Waals surface area contributed by atoms with Gasteiger partial charge in [-0.3, -0.25) is 0 Å². The normalized spacial score (nSPS) is 24.1. The van der Waals surface area contributed by atoms with Crippen LogP contribution in [0.15, 0.2) is 4.52 Å². The number of nitrogens with zero attached hydrogens (tertiary/aromatic N) is 2. The van der Waals surface area contributed by atoms with Crippen molar-refractivity contribution < 1.29 is 4.52 Å². The second-order valence-corrected chi connectivity index (χ2v) is 6.61. The van der Waals surface area contributed by atoms with Crippen LogP contribution in [0.3, 0.4) is 0 Å². The van der Waals surface area contributed by atoms with Crippen molar-refractivity contribution in [3.8, 4) is 0 Å². The van der Waals surface area contributed by atoms with Crippen LogP contribution in [-0.2, 0) is 6.42 Å². The fourth-order valence-electron chi connectivity index (χ4n) is 3.36. The van der Waals surface area contributed by atoms with E-state index in [0.29, 0.717) is 12.0 Å². The van der Waals surface area contributed by atoms with Crippen LogP contribution in [0.4, 0.5) is 0 Å². The first kappa shape index (κ1) is 16.5. The molecular formula is C17H31N3O. The van der Waals surface area contributed by atoms with Crippen LogP contribution in [0.2, 0.25) is 0 Å². The first-order valence-corrected chi connectivity index (χ1v) is 8.78. The third kappa shape index (κ3) is 5.10. The van der Waals surface area contributed by atoms with E-state index < -0.39 is 0 Å². The molecule has 1 aliphatic carbocycles. The van der Waals surface area contributed by atoms with Gasteiger partial charge in [-0.05, 0) is 51.5 Å². The third-order valence-corrected chi connectivity index (χ3v) is 4.62. The highest BCUT2D eigenvalue weighted by molar-refractivity contribution is 4.98. The van der Waals surface area contributed by atoms with Crippen molar-refractivity contribution in [2.24, 2.45) is 5.92 Å². The van der Waals surface area contributed by atoms with Gasteiger partial charge in [-0.1, -0.05) is 31.8 Å². The fraction of sp³-hybridized carbons (Fsp3) is 0.882. The molecule has 1 aliphatic rings. The highest BCUT2D eigenvalue weighted by atomic mass is 16.5. The Hall–Kier alpha value is -0.900. The Kier molecular flexibility index (Phi) is 6.68. The van der Waals surface area contributed by atoms with Crippen molar-refractivity contribution in [2.45, 2.75) is 84.1 Å². The Labute approximate surface area is 129 Å². The van der Waals surface area contributed by atoms with Gasteiger partial charge in [-0.25, -0.2) is 0 Å². The summed E-state index contributed by atoms with van der Waals surface area (Å²) in [4.78, 5) is 4.64. The van der Waals surface area contributed by atoms with Crippen LogP contribution in [0, 0.1) is 5.92 Å². The Morgan fingerprint density at radius 1 is 1.19 bits per heavy atom. The van der Waals surface area contributed by atoms with Crippen molar-refractivity contribution in [3.63, 3.8) is 0 Å². The first-order chi connectivity index (χ1) is 10.2. The van der Waals surface area contributed by atoms with Gasteiger partial charge in [0.15, 0.2) is 5.82 Å². The Morgan fingerprint density at radius 3 is 2.62 bits per heavy atom. The molecule has 4 heteroatoms. The summed E-state index contributed by atoms with van der Waals surface area (Å²) in [6, 6.07) is 0.401. The lowest BCUT2D eigenvalue weighted by molar-refractivity contribution is 0.294. The molecule has 0 bridgehead atoms. The smallest absolute Gasteiger partial charge is 0.228 e. The van der Waals surface area contributed by atoms with E-state index >= 15 is 0 Å². The van der Waals surface area contributed by atoms with E-state index in [-0.39, 0.29) is 0 Å². The molecule has 1 aromatic rings. The van der Waals surface area contributed by atoms with Crippen LogP contribution in [0.1, 0.15) is 83.3 Å². The summed E-state index contributed by atoms with van der Waals surface area (Å²) in [5, 5.41) is 7.69. The van der Waals surface area contributed by atoms with Crippen molar-refractivity contribution in [2.75, 3.05) is 6.54 Å². The maximum absolute atomic E-state index is 5.44. The minimum absolute atomic E-state index is 0.401. The molecule has 1 fully saturated rings. The second kappa shape index (κ2) is 8.52. The highest BCUT2D eigenvalue weighted by Crippen LogP contribution is 2.36. The van der Waals surface area contributed by atoms with E-state index in [0.717, 1.165) is 37.0 Å². The molecule has 0 saturated heterocycles. The summed E-state index contributed by atoms with van der Waals surface area (Å²) in [6.45, 7) is 7.68. The molecule has 2 rings (SSSR count). The van der Waals surface area contributed by atoms with Crippen LogP contribution >= 0.6 is 0 Å². The highest BCUT2D eigenvalue weighted by Gasteiger charge is 2.25. The molecule has 1 aromatic heterocycles. The van der Waals surface area contributed by atoms with E-state index in [1.165, 1.54) is 38.5 Å². The number of rotatable bonds is 8. The molecule has 0 aromatic carbocycles. The zero-order valence-electron chi connectivity index (χ0n) is 13.9. The average molecular weight is 293 g/mol. The first-order valence-electron chi connectivity index (χ1n) is 8.78. The predicted octanol–water partition coefficient (Wildman–Crippen LogP) is 4.07. The summed E-state index contributed by atoms with van der Waals surface area (Å²) >= 11 is 0. The summed E-state index contributed by atoms with van der Waals surface area (Å²) in [5.74, 6) is 3.19. The maximum atomic E-state index is 5.44. The molecule has 21 heavy (non-hydrogen) atoms. The molecule has 1 saturated carbocycles. The Balaban J connectivity index is 1.80. The van der Waals surface area contributed by atoms with Crippen molar-refractivity contribution in [1.29, 1.82) is 0 Å². The molecule has 0 aliphatic heterocycles. The van der Waals surface area contributed by atoms with Crippen LogP contribution < -0.4 is 5.32 Å². The molecule has 1 unspecified atom stereocenters. The van der Waals surface area contributed by atoms with Gasteiger partial charge in [0, 0.05) is 18.4 Å². The van der Waals surface area contributed by atoms with Crippen LogP contribution in [0.5, 0.6) is 0 Å². The molecule has 0 spiro atoms. The SMILES string of the molecule is CCCNC(C)Cc1nc(C2CCC(CCC)CC2)no1. The summed E-state index contributed by atoms with van der Waals surface area (Å²) in [5.41, 5.74) is 0. The lowest BCUT2D eigenvalue weighted by Crippen LogP contribution is -2.28. The van der Waals surface area contributed by atoms with Gasteiger partial charge in [-0.15, -0.1) is 0 Å². The van der Waals surface area contributed by atoms with E-state index in [2.05, 4.69) is 36.2 Å². The lowest BCUT2D eigenvalue weighted by atomic mass is 9.80. The molecule has 1 atom stereocenters. The quantitative estimate of drug-likeness (QED) is 0.785. The summed E-state index contributed by atoms with van der Waals surface area (Å²) in [7, 11) is 0. The van der Waals surface area contributed by atoms with Crippen molar-refractivity contribution >= 4 is 0 Å². The van der Waals surface area contributed by atoms with Crippen LogP contribution in [-0.4, -0.2) is 22.7 Å². The predicted molar refractivity (Wildman–Crippen MR) is 85.4 cm³/mol. The van der Waals surface area contributed by atoms with Crippen LogP contribution in [0.25, 0.3) is 0 Å². The van der Waals surface area contributed by atoms with E-state index in [1.54, 1.807) is 0 Å². The Bertz CT molecular complexity index is 396. The molecule has 0 radical (unpaired) electrons.